The summed E-state index contributed by atoms with van der Waals surface area (Å²) < 4.78 is 151. The van der Waals surface area contributed by atoms with Gasteiger partial charge in [0.2, 0.25) is 0 Å². The summed E-state index contributed by atoms with van der Waals surface area (Å²) in [4.78, 5) is 25.3. The highest BCUT2D eigenvalue weighted by Gasteiger charge is 2.73. The zero-order valence-corrected chi connectivity index (χ0v) is 23.3. The number of likely N-dealkylation sites (tertiary alicyclic amines) is 1. The lowest BCUT2D eigenvalue weighted by Gasteiger charge is -2.43. The van der Waals surface area contributed by atoms with Crippen LogP contribution in [0.4, 0.5) is 39.5 Å². The molecule has 0 spiro atoms. The monoisotopic (exact) mass is 665 g/mol. The van der Waals surface area contributed by atoms with Crippen molar-refractivity contribution >= 4 is 21.7 Å². The molecule has 1 heterocycles. The van der Waals surface area contributed by atoms with Crippen molar-refractivity contribution in [3.05, 3.63) is 100 Å². The number of rotatable bonds is 5. The van der Waals surface area contributed by atoms with E-state index in [2.05, 4.69) is 0 Å². The van der Waals surface area contributed by atoms with E-state index in [9.17, 15) is 57.5 Å². The van der Waals surface area contributed by atoms with Crippen LogP contribution in [-0.4, -0.2) is 55.2 Å². The van der Waals surface area contributed by atoms with Crippen molar-refractivity contribution in [3.63, 3.8) is 0 Å². The highest BCUT2D eigenvalue weighted by Crippen LogP contribution is 2.56. The second-order valence-electron chi connectivity index (χ2n) is 10.7. The first kappa shape index (κ1) is 32.3. The van der Waals surface area contributed by atoms with Crippen molar-refractivity contribution in [3.8, 4) is 0 Å². The van der Waals surface area contributed by atoms with E-state index < -0.39 is 84.6 Å². The van der Waals surface area contributed by atoms with Crippen LogP contribution in [0.1, 0.15) is 50.2 Å². The molecule has 2 atom stereocenters. The van der Waals surface area contributed by atoms with Crippen molar-refractivity contribution < 1.29 is 62.6 Å². The molecule has 1 aliphatic carbocycles. The topological polar surface area (TPSA) is 91.8 Å². The second-order valence-corrected chi connectivity index (χ2v) is 12.9. The van der Waals surface area contributed by atoms with E-state index in [1.54, 1.807) is 0 Å². The average Bonchev–Trinajstić information content (AvgIpc) is 3.36. The fraction of sp³-hybridized carbons (Fsp3) is 0.310. The standard InChI is InChI=1S/C29H20F9NO5S/c30-18-4-6-19(7-5-18)45(43,44)26-11-12-39(24(40)16-1-8-20(25(41)42)22(31)14-16)23(26)10-2-15-13-17(3-9-21(15)26)27(32,28(33,34)35)29(36,37)38/h1,3-9,13-14,23H,2,10-12H2,(H,41,42)/t23-,26-/m0/s1. The fourth-order valence-electron chi connectivity index (χ4n) is 6.28. The Hall–Kier alpha value is -4.08. The molecule has 1 N–H and O–H groups in total. The lowest BCUT2D eigenvalue weighted by atomic mass is 9.76. The third-order valence-corrected chi connectivity index (χ3v) is 10.9. The number of carboxylic acids is 1. The Morgan fingerprint density at radius 3 is 2.04 bits per heavy atom. The molecule has 0 radical (unpaired) electrons. The Labute approximate surface area is 249 Å². The number of fused-ring (bicyclic) bond motifs is 3. The van der Waals surface area contributed by atoms with Crippen LogP contribution in [-0.2, 0) is 26.7 Å². The van der Waals surface area contributed by atoms with E-state index in [0.717, 1.165) is 41.3 Å². The molecule has 2 aliphatic rings. The minimum atomic E-state index is -6.42. The van der Waals surface area contributed by atoms with Gasteiger partial charge in [0.05, 0.1) is 16.5 Å². The molecule has 3 aromatic carbocycles. The van der Waals surface area contributed by atoms with Crippen LogP contribution < -0.4 is 0 Å². The number of benzene rings is 3. The Kier molecular flexibility index (Phi) is 7.53. The molecule has 1 amide bonds. The third kappa shape index (κ3) is 4.75. The number of sulfone groups is 1. The van der Waals surface area contributed by atoms with Gasteiger partial charge in [-0.05, 0) is 72.9 Å². The van der Waals surface area contributed by atoms with Gasteiger partial charge in [0, 0.05) is 17.7 Å². The van der Waals surface area contributed by atoms with E-state index in [4.69, 9.17) is 5.11 Å². The Morgan fingerprint density at radius 2 is 1.49 bits per heavy atom. The summed E-state index contributed by atoms with van der Waals surface area (Å²) in [6.45, 7) is -0.342. The summed E-state index contributed by atoms with van der Waals surface area (Å²) in [5.41, 5.74) is -9.30. The van der Waals surface area contributed by atoms with E-state index in [1.165, 1.54) is 0 Å². The first-order valence-electron chi connectivity index (χ1n) is 13.1. The summed E-state index contributed by atoms with van der Waals surface area (Å²) in [5.74, 6) is -4.62. The van der Waals surface area contributed by atoms with Gasteiger partial charge >= 0.3 is 24.0 Å². The average molecular weight is 666 g/mol. The molecule has 0 aromatic heterocycles. The number of carboxylic acid groups (broad SMARTS) is 1. The summed E-state index contributed by atoms with van der Waals surface area (Å²) in [6.07, 6.45) is -14.0. The van der Waals surface area contributed by atoms with Gasteiger partial charge < -0.3 is 10.0 Å². The number of hydrogen-bond donors (Lipinski definition) is 1. The van der Waals surface area contributed by atoms with Crippen molar-refractivity contribution in [2.45, 2.75) is 53.0 Å². The molecule has 45 heavy (non-hydrogen) atoms. The number of amides is 1. The molecule has 3 aromatic rings. The van der Waals surface area contributed by atoms with Gasteiger partial charge in [-0.2, -0.15) is 26.3 Å². The van der Waals surface area contributed by atoms with Crippen LogP contribution in [0.5, 0.6) is 0 Å². The van der Waals surface area contributed by atoms with E-state index in [-0.39, 0.29) is 42.1 Å². The van der Waals surface area contributed by atoms with Gasteiger partial charge in [-0.1, -0.05) is 18.2 Å². The number of aryl methyl sites for hydroxylation is 1. The van der Waals surface area contributed by atoms with Crippen LogP contribution in [0, 0.1) is 11.6 Å². The smallest absolute Gasteiger partial charge is 0.435 e. The third-order valence-electron chi connectivity index (χ3n) is 8.38. The molecule has 1 aliphatic heterocycles. The number of hydrogen-bond acceptors (Lipinski definition) is 4. The normalized spacial score (nSPS) is 20.5. The molecule has 16 heteroatoms. The number of alkyl halides is 7. The molecule has 1 saturated heterocycles. The van der Waals surface area contributed by atoms with Gasteiger partial charge in [-0.25, -0.2) is 26.4 Å². The molecular formula is C29H20F9NO5S. The predicted molar refractivity (Wildman–Crippen MR) is 138 cm³/mol. The zero-order valence-electron chi connectivity index (χ0n) is 22.5. The van der Waals surface area contributed by atoms with Crippen molar-refractivity contribution in [2.24, 2.45) is 0 Å². The summed E-state index contributed by atoms with van der Waals surface area (Å²) in [6, 6.07) is 5.78. The molecule has 1 fully saturated rings. The van der Waals surface area contributed by atoms with Crippen molar-refractivity contribution in [2.75, 3.05) is 6.54 Å². The highest BCUT2D eigenvalue weighted by atomic mass is 32.2. The van der Waals surface area contributed by atoms with Crippen molar-refractivity contribution in [1.29, 1.82) is 0 Å². The first-order valence-corrected chi connectivity index (χ1v) is 14.6. The number of carbonyl (C=O) groups excluding carboxylic acids is 1. The largest absolute Gasteiger partial charge is 0.478 e. The van der Waals surface area contributed by atoms with E-state index in [0.29, 0.717) is 18.2 Å². The minimum Gasteiger partial charge on any atom is -0.478 e. The Bertz CT molecular complexity index is 1790. The molecule has 240 valence electrons. The van der Waals surface area contributed by atoms with Crippen LogP contribution in [0.3, 0.4) is 0 Å². The second kappa shape index (κ2) is 10.5. The van der Waals surface area contributed by atoms with Gasteiger partial charge in [0.25, 0.3) is 5.91 Å². The van der Waals surface area contributed by atoms with Gasteiger partial charge in [-0.3, -0.25) is 4.79 Å². The highest BCUT2D eigenvalue weighted by molar-refractivity contribution is 7.92. The molecular weight excluding hydrogens is 645 g/mol. The molecule has 6 nitrogen and oxygen atoms in total. The number of nitrogens with zero attached hydrogens (tertiary/aromatic N) is 1. The molecule has 0 saturated carbocycles. The molecule has 0 bridgehead atoms. The first-order chi connectivity index (χ1) is 20.8. The maximum absolute atomic E-state index is 15.0. The van der Waals surface area contributed by atoms with E-state index >= 15 is 0 Å². The molecule has 0 unspecified atom stereocenters. The lowest BCUT2D eigenvalue weighted by Crippen LogP contribution is -2.53. The van der Waals surface area contributed by atoms with Crippen LogP contribution in [0.15, 0.2) is 65.6 Å². The van der Waals surface area contributed by atoms with Gasteiger partial charge in [0.1, 0.15) is 16.4 Å². The minimum absolute atomic E-state index is 0.203. The quantitative estimate of drug-likeness (QED) is 0.249. The summed E-state index contributed by atoms with van der Waals surface area (Å²) >= 11 is 0. The number of aromatic carboxylic acids is 1. The van der Waals surface area contributed by atoms with E-state index in [1.807, 2.05) is 0 Å². The summed E-state index contributed by atoms with van der Waals surface area (Å²) in [7, 11) is -4.72. The zero-order chi connectivity index (χ0) is 33.3. The SMILES string of the molecule is O=C(O)c1ccc(C(=O)N2CC[C@]3(S(=O)(=O)c4ccc(F)cc4)c4ccc(C(F)(C(F)(F)F)C(F)(F)F)cc4CC[C@H]23)cc1F. The predicted octanol–water partition coefficient (Wildman–Crippen LogP) is 6.48. The van der Waals surface area contributed by atoms with Crippen LogP contribution in [0.2, 0.25) is 0 Å². The lowest BCUT2D eigenvalue weighted by molar-refractivity contribution is -0.348. The summed E-state index contributed by atoms with van der Waals surface area (Å²) in [5, 5.41) is 9.09. The Morgan fingerprint density at radius 1 is 0.867 bits per heavy atom. The molecule has 5 rings (SSSR count). The maximum Gasteiger partial charge on any atom is 0.435 e. The van der Waals surface area contributed by atoms with Crippen molar-refractivity contribution in [1.82, 2.24) is 4.90 Å². The maximum atomic E-state index is 15.0. The number of halogens is 9. The fourth-order valence-corrected chi connectivity index (χ4v) is 8.65. The number of carbonyl (C=O) groups is 2. The van der Waals surface area contributed by atoms with Crippen LogP contribution >= 0.6 is 0 Å². The Balaban J connectivity index is 1.69. The van der Waals surface area contributed by atoms with Crippen LogP contribution in [0.25, 0.3) is 0 Å². The van der Waals surface area contributed by atoms with Gasteiger partial charge in [0.15, 0.2) is 9.84 Å². The van der Waals surface area contributed by atoms with Gasteiger partial charge in [-0.15, -0.1) is 0 Å².